The van der Waals surface area contributed by atoms with Gasteiger partial charge >= 0.3 is 0 Å². The van der Waals surface area contributed by atoms with E-state index in [1.54, 1.807) is 4.90 Å². The predicted octanol–water partition coefficient (Wildman–Crippen LogP) is 20.6. The molecule has 13 heterocycles. The first-order valence-corrected chi connectivity index (χ1v) is 60.6. The number of amides is 1. The molecule has 0 bridgehead atoms. The Bertz CT molecular complexity index is 3500. The molecule has 0 N–H and O–H groups in total. The topological polar surface area (TPSA) is 146 Å². The van der Waals surface area contributed by atoms with Gasteiger partial charge in [0.15, 0.2) is 9.84 Å². The van der Waals surface area contributed by atoms with Crippen LogP contribution in [0.5, 0.6) is 0 Å². The number of alkyl halides is 6. The molecule has 22 nitrogen and oxygen atoms in total. The Labute approximate surface area is 898 Å². The van der Waals surface area contributed by atoms with Crippen LogP contribution in [0.1, 0.15) is 355 Å². The molecule has 0 aromatic rings. The maximum Gasteiger partial charge on any atom is 0.261 e. The summed E-state index contributed by atoms with van der Waals surface area (Å²) in [5, 5.41) is 0. The van der Waals surface area contributed by atoms with Gasteiger partial charge in [0, 0.05) is 295 Å². The highest BCUT2D eigenvalue weighted by Crippen LogP contribution is 2.36. The van der Waals surface area contributed by atoms with Gasteiger partial charge in [0.25, 0.3) is 17.8 Å². The van der Waals surface area contributed by atoms with Gasteiger partial charge in [-0.3, -0.25) is 77.5 Å². The van der Waals surface area contributed by atoms with Crippen molar-refractivity contribution < 1.29 is 53.3 Å². The van der Waals surface area contributed by atoms with Crippen molar-refractivity contribution in [2.45, 2.75) is 444 Å². The number of carbonyl (C=O) groups is 2. The van der Waals surface area contributed by atoms with Crippen molar-refractivity contribution in [3.05, 3.63) is 0 Å². The lowest BCUT2D eigenvalue weighted by molar-refractivity contribution is -0.136. The van der Waals surface area contributed by atoms with Crippen molar-refractivity contribution in [3.8, 4) is 0 Å². The first-order valence-electron chi connectivity index (χ1n) is 56.1. The Morgan fingerprint density at radius 1 is 0.303 bits per heavy atom. The van der Waals surface area contributed by atoms with E-state index in [9.17, 15) is 48.6 Å². The summed E-state index contributed by atoms with van der Waals surface area (Å²) in [5.74, 6) is 0.188. The summed E-state index contributed by atoms with van der Waals surface area (Å²) in [6.07, 6.45) is 7.69. The minimum Gasteiger partial charge on any atom is -0.379 e. The minimum absolute atomic E-state index is 0.0181. The fourth-order valence-corrected chi connectivity index (χ4v) is 21.8. The van der Waals surface area contributed by atoms with Gasteiger partial charge in [-0.05, 0) is 367 Å². The van der Waals surface area contributed by atoms with Gasteiger partial charge in [-0.1, -0.05) is 13.8 Å². The number of hydrogen-bond donors (Lipinski definition) is 0. The molecule has 13 fully saturated rings. The number of likely N-dealkylation sites (tertiary alicyclic amines) is 6. The molecule has 1 amide bonds. The van der Waals surface area contributed by atoms with E-state index >= 15 is 0 Å². The van der Waals surface area contributed by atoms with E-state index < -0.39 is 38.4 Å². The average molecular weight is 2140 g/mol. The van der Waals surface area contributed by atoms with Crippen LogP contribution < -0.4 is 0 Å². The van der Waals surface area contributed by atoms with E-state index in [0.717, 1.165) is 108 Å². The largest absolute Gasteiger partial charge is 0.379 e. The number of sulfone groups is 1. The van der Waals surface area contributed by atoms with Crippen LogP contribution >= 0.6 is 11.8 Å². The van der Waals surface area contributed by atoms with Crippen LogP contribution in [0.15, 0.2) is 0 Å². The molecule has 13 aliphatic rings. The molecule has 31 heteroatoms. The Morgan fingerprint density at radius 2 is 0.593 bits per heavy atom. The zero-order valence-electron chi connectivity index (χ0n) is 103. The summed E-state index contributed by atoms with van der Waals surface area (Å²) in [6, 6.07) is 0. The number of ketones is 1. The van der Waals surface area contributed by atoms with Crippen molar-refractivity contribution in [2.75, 3.05) is 272 Å². The molecule has 1 atom stereocenters. The molecule has 0 aromatic heterocycles. The summed E-state index contributed by atoms with van der Waals surface area (Å²) in [4.78, 5) is 59.2. The van der Waals surface area contributed by atoms with E-state index in [-0.39, 0.29) is 83.5 Å². The first kappa shape index (κ1) is 142. The fraction of sp³-hybridized carbons (Fsp3) is 0.982. The second kappa shape index (κ2) is 61.5. The molecule has 0 spiro atoms. The van der Waals surface area contributed by atoms with Gasteiger partial charge < -0.3 is 19.4 Å². The van der Waals surface area contributed by atoms with E-state index in [1.807, 2.05) is 58.4 Å². The van der Waals surface area contributed by atoms with Crippen molar-refractivity contribution >= 4 is 44.1 Å². The van der Waals surface area contributed by atoms with Crippen LogP contribution in [-0.4, -0.2) is 464 Å². The lowest BCUT2D eigenvalue weighted by Gasteiger charge is -2.41. The number of rotatable bonds is 0. The van der Waals surface area contributed by atoms with Crippen LogP contribution in [0, 0.1) is 11.8 Å². The highest BCUT2D eigenvalue weighted by molar-refractivity contribution is 7.99. The zero-order chi connectivity index (χ0) is 112. The van der Waals surface area contributed by atoms with Crippen LogP contribution in [-0.2, 0) is 35.0 Å². The second-order valence-electron chi connectivity index (χ2n) is 56.4. The van der Waals surface area contributed by atoms with E-state index in [0.29, 0.717) is 96.2 Å². The lowest BCUT2D eigenvalue weighted by Crippen LogP contribution is -2.55. The number of piperazine rings is 2. The molecule has 13 saturated heterocycles. The molecule has 145 heavy (non-hydrogen) atoms. The number of likely N-dealkylation sites (N-methyl/N-ethyl adjacent to an activating group) is 3. The molecule has 0 radical (unpaired) electrons. The zero-order valence-corrected chi connectivity index (χ0v) is 105. The number of nitrogens with zero attached hydrogens (tertiary/aromatic N) is 16. The van der Waals surface area contributed by atoms with Crippen LogP contribution in [0.25, 0.3) is 0 Å². The van der Waals surface area contributed by atoms with Gasteiger partial charge in [0.05, 0.1) is 44.4 Å². The number of hydrogen-bond acceptors (Lipinski definition) is 22. The maximum atomic E-state index is 12.9. The summed E-state index contributed by atoms with van der Waals surface area (Å²) in [6.45, 7) is 121. The molecule has 0 saturated carbocycles. The second-order valence-corrected chi connectivity index (χ2v) is 61.6. The van der Waals surface area contributed by atoms with Crippen molar-refractivity contribution in [2.24, 2.45) is 11.8 Å². The van der Waals surface area contributed by atoms with Crippen LogP contribution in [0.4, 0.5) is 26.3 Å². The highest BCUT2D eigenvalue weighted by atomic mass is 32.2. The molecular weight excluding hydrogens is 1900 g/mol. The van der Waals surface area contributed by atoms with Gasteiger partial charge in [-0.2, -0.15) is 11.8 Å². The third-order valence-electron chi connectivity index (χ3n) is 30.1. The molecule has 13 rings (SSSR count). The number of thioether (sulfide) groups is 1. The summed E-state index contributed by atoms with van der Waals surface area (Å²) < 4.78 is 115. The van der Waals surface area contributed by atoms with Gasteiger partial charge in [-0.25, -0.2) is 34.8 Å². The molecule has 13 aliphatic heterocycles. The predicted molar refractivity (Wildman–Crippen MR) is 614 cm³/mol. The standard InChI is InChI=1S/C10H22N2.C10H21N.2C9H17F2N.C9H18N2O.C9H20N2.C9H17NO.C9H19N.C8H15F2N.C8H17NO2S.C8H17NOS.C8H17NO.C8H17NS/c1-10(2,3)12-7-5-6-11(4)8-9-12;1-9-5-7-11(8-6-9)10(2,3)4;1-8(2,3)12-6-4-9(10,11)5-7-12;1-8(2,3)12-6-4-5-9(10,11)7-12;1-9(2,3)11-6-5-10(4)8(12)7-11;1-9(2,3)11-7-5-10(4)6-8-11;1-9(2,3)10-6-4-8(11)5-7-10;1-8-5-6-10(7-8)9(2,3)4;1-7(2,3)11-5-4-8(9,10)6-11;1-8(2,3)9-4-6-12(10,11)7-5-9;1-8(2,3)9-4-6-11(10)7-5-9;2*1-8(2,3)9-4-6-10-7-5-9/h5-9H2,1-4H3;9H,5-8H2,1-4H3;2*4-7H2,1-3H3;5-7H2,1-4H3;5-8H2,1-4H3;4-7H2,1-3H3;8H,5-7H2,1-4H3;4-6H2,1-3H3;4-7H2,1-3H3;4-7H2,1-3H3;2*4-7H2,1-3H3. The average Bonchev–Trinajstić information content (AvgIpc) is 1.65. The quantitative estimate of drug-likeness (QED) is 0.212. The maximum absolute atomic E-state index is 12.9. The number of halogens is 6. The molecule has 0 aromatic carbocycles. The van der Waals surface area contributed by atoms with E-state index in [4.69, 9.17) is 4.74 Å². The molecular formula is C114H234F6N16O6S3. The first-order chi connectivity index (χ1) is 65.4. The molecule has 1 unspecified atom stereocenters. The Balaban J connectivity index is 0.000000786. The lowest BCUT2D eigenvalue weighted by atomic mass is 9.95. The summed E-state index contributed by atoms with van der Waals surface area (Å²) in [5.41, 5.74) is 2.74. The highest BCUT2D eigenvalue weighted by Gasteiger charge is 2.44. The van der Waals surface area contributed by atoms with Crippen LogP contribution in [0.2, 0.25) is 0 Å². The third-order valence-corrected chi connectivity index (χ3v) is 34.0. The SMILES string of the molecule is CC(C)(C)N1CCC(=O)CC1.CC(C)(C)N1CCC(F)(F)C1.CC(C)(C)N1CCC(F)(F)CC1.CC(C)(C)N1CCCC(F)(F)C1.CC(C)(C)N1CCOCC1.CC(C)(C)N1CCS(=O)(=O)CC1.CC(C)(C)N1CCS(=O)CC1.CC(C)(C)N1CCSCC1.CC1CCN(C(C)(C)C)C1.CC1CCN(C(C)(C)C)CC1.CN1CCCN(C(C)(C)C)CC1.CN1CCN(C(C)(C)C)CC1.CN1CCN(C(C)(C)C)CC1=O. The van der Waals surface area contributed by atoms with Crippen molar-refractivity contribution in [1.29, 1.82) is 0 Å². The summed E-state index contributed by atoms with van der Waals surface area (Å²) in [7, 11) is 3.02. The fourth-order valence-electron chi connectivity index (χ4n) is 18.7. The Morgan fingerprint density at radius 3 is 0.917 bits per heavy atom. The molecule has 0 aliphatic carbocycles. The minimum atomic E-state index is -2.72. The van der Waals surface area contributed by atoms with Gasteiger partial charge in [0.1, 0.15) is 5.78 Å². The Kier molecular flexibility index (Phi) is 60.0. The third kappa shape index (κ3) is 62.3. The van der Waals surface area contributed by atoms with Crippen molar-refractivity contribution in [1.82, 2.24) is 78.4 Å². The molecule has 866 valence electrons. The van der Waals surface area contributed by atoms with Crippen molar-refractivity contribution in [3.63, 3.8) is 0 Å². The smallest absolute Gasteiger partial charge is 0.261 e. The van der Waals surface area contributed by atoms with Gasteiger partial charge in [-0.15, -0.1) is 0 Å². The number of carbonyl (C=O) groups excluding carboxylic acids is 2. The van der Waals surface area contributed by atoms with E-state index in [2.05, 4.69) is 332 Å². The number of Topliss-reactive ketones (excluding diaryl/α,β-unsaturated/α-hetero) is 1. The van der Waals surface area contributed by atoms with Crippen LogP contribution in [0.3, 0.4) is 0 Å². The normalized spacial score (nSPS) is 24.5. The number of ether oxygens (including phenoxy) is 1. The number of piperidine rings is 4. The number of morpholine rings is 1. The van der Waals surface area contributed by atoms with Gasteiger partial charge in [0.2, 0.25) is 5.91 Å². The summed E-state index contributed by atoms with van der Waals surface area (Å²) >= 11 is 2.07. The monoisotopic (exact) mass is 2130 g/mol. The van der Waals surface area contributed by atoms with E-state index in [1.165, 1.54) is 129 Å². The Hall–Kier alpha value is -1.47.